The average Bonchev–Trinajstić information content (AvgIpc) is 2.17. The first-order chi connectivity index (χ1) is 7.56. The van der Waals surface area contributed by atoms with Gasteiger partial charge in [0.15, 0.2) is 0 Å². The van der Waals surface area contributed by atoms with Crippen molar-refractivity contribution in [3.8, 4) is 0 Å². The van der Waals surface area contributed by atoms with E-state index in [1.165, 1.54) is 0 Å². The number of nitrogens with one attached hydrogen (secondary N) is 2. The summed E-state index contributed by atoms with van der Waals surface area (Å²) in [5, 5.41) is 13.9. The molecule has 0 aromatic carbocycles. The van der Waals surface area contributed by atoms with E-state index in [2.05, 4.69) is 17.2 Å². The van der Waals surface area contributed by atoms with E-state index in [4.69, 9.17) is 5.11 Å². The molecule has 0 radical (unpaired) electrons. The Kier molecular flexibility index (Phi) is 7.93. The lowest BCUT2D eigenvalue weighted by Crippen LogP contribution is -2.41. The maximum atomic E-state index is 11.3. The molecule has 2 amide bonds. The van der Waals surface area contributed by atoms with Crippen molar-refractivity contribution in [3.05, 3.63) is 12.7 Å². The first-order valence-corrected chi connectivity index (χ1v) is 5.43. The summed E-state index contributed by atoms with van der Waals surface area (Å²) in [7, 11) is 0. The maximum absolute atomic E-state index is 11.3. The van der Waals surface area contributed by atoms with E-state index < -0.39 is 5.97 Å². The van der Waals surface area contributed by atoms with Gasteiger partial charge in [-0.3, -0.25) is 4.79 Å². The highest BCUT2D eigenvalue weighted by atomic mass is 16.4. The molecular formula is C11H20N2O3. The molecule has 3 N–H and O–H groups in total. The van der Waals surface area contributed by atoms with E-state index in [1.807, 2.05) is 6.92 Å². The Morgan fingerprint density at radius 2 is 2.19 bits per heavy atom. The van der Waals surface area contributed by atoms with Crippen molar-refractivity contribution in [1.29, 1.82) is 0 Å². The number of carbonyl (C=O) groups is 2. The summed E-state index contributed by atoms with van der Waals surface area (Å²) in [5.41, 5.74) is 0. The monoisotopic (exact) mass is 228 g/mol. The Hall–Kier alpha value is -1.52. The topological polar surface area (TPSA) is 78.4 Å². The van der Waals surface area contributed by atoms with Crippen LogP contribution in [0.4, 0.5) is 4.79 Å². The lowest BCUT2D eigenvalue weighted by atomic mass is 10.1. The van der Waals surface area contributed by atoms with E-state index in [0.717, 1.165) is 6.42 Å². The van der Waals surface area contributed by atoms with Crippen LogP contribution in [0.1, 0.15) is 32.6 Å². The van der Waals surface area contributed by atoms with Crippen LogP contribution in [0.15, 0.2) is 12.7 Å². The summed E-state index contributed by atoms with van der Waals surface area (Å²) in [6.45, 7) is 5.97. The van der Waals surface area contributed by atoms with Crippen molar-refractivity contribution in [2.75, 3.05) is 6.54 Å². The SMILES string of the molecule is C=CCCNC(=O)NC(C)CCCC(=O)O. The van der Waals surface area contributed by atoms with Crippen molar-refractivity contribution in [2.45, 2.75) is 38.6 Å². The van der Waals surface area contributed by atoms with Gasteiger partial charge in [0.2, 0.25) is 0 Å². The molecule has 0 spiro atoms. The number of rotatable bonds is 8. The first-order valence-electron chi connectivity index (χ1n) is 5.43. The van der Waals surface area contributed by atoms with Gasteiger partial charge < -0.3 is 15.7 Å². The van der Waals surface area contributed by atoms with Gasteiger partial charge in [-0.25, -0.2) is 4.79 Å². The maximum Gasteiger partial charge on any atom is 0.315 e. The second-order valence-corrected chi connectivity index (χ2v) is 3.66. The van der Waals surface area contributed by atoms with Crippen LogP contribution < -0.4 is 10.6 Å². The lowest BCUT2D eigenvalue weighted by molar-refractivity contribution is -0.137. The Bertz CT molecular complexity index is 241. The lowest BCUT2D eigenvalue weighted by Gasteiger charge is -2.13. The number of carboxylic acids is 1. The molecule has 1 unspecified atom stereocenters. The van der Waals surface area contributed by atoms with Gasteiger partial charge in [-0.05, 0) is 26.2 Å². The standard InChI is InChI=1S/C11H20N2O3/c1-3-4-8-12-11(16)13-9(2)6-5-7-10(14)15/h3,9H,1,4-8H2,2H3,(H,14,15)(H2,12,13,16). The van der Waals surface area contributed by atoms with Crippen LogP contribution in [0.25, 0.3) is 0 Å². The molecule has 0 aliphatic rings. The summed E-state index contributed by atoms with van der Waals surface area (Å²) >= 11 is 0. The number of carbonyl (C=O) groups excluding carboxylic acids is 1. The Morgan fingerprint density at radius 1 is 1.50 bits per heavy atom. The van der Waals surface area contributed by atoms with Gasteiger partial charge in [0, 0.05) is 19.0 Å². The fourth-order valence-electron chi connectivity index (χ4n) is 1.19. The minimum atomic E-state index is -0.803. The summed E-state index contributed by atoms with van der Waals surface area (Å²) in [4.78, 5) is 21.5. The van der Waals surface area contributed by atoms with Crippen LogP contribution in [-0.4, -0.2) is 29.7 Å². The number of hydrogen-bond acceptors (Lipinski definition) is 2. The van der Waals surface area contributed by atoms with E-state index >= 15 is 0 Å². The zero-order valence-electron chi connectivity index (χ0n) is 9.66. The molecule has 1 atom stereocenters. The van der Waals surface area contributed by atoms with Gasteiger partial charge in [0.1, 0.15) is 0 Å². The highest BCUT2D eigenvalue weighted by Crippen LogP contribution is 2.00. The van der Waals surface area contributed by atoms with Gasteiger partial charge in [-0.1, -0.05) is 6.08 Å². The fraction of sp³-hybridized carbons (Fsp3) is 0.636. The largest absolute Gasteiger partial charge is 0.481 e. The number of hydrogen-bond donors (Lipinski definition) is 3. The smallest absolute Gasteiger partial charge is 0.315 e. The molecule has 0 aromatic rings. The second kappa shape index (κ2) is 8.76. The molecule has 0 aliphatic heterocycles. The molecule has 92 valence electrons. The van der Waals surface area contributed by atoms with Gasteiger partial charge in [0.05, 0.1) is 0 Å². The molecule has 0 saturated heterocycles. The summed E-state index contributed by atoms with van der Waals surface area (Å²) in [5.74, 6) is -0.803. The van der Waals surface area contributed by atoms with Crippen molar-refractivity contribution >= 4 is 12.0 Å². The van der Waals surface area contributed by atoms with E-state index in [0.29, 0.717) is 19.4 Å². The van der Waals surface area contributed by atoms with Gasteiger partial charge in [0.25, 0.3) is 0 Å². The molecule has 0 bridgehead atoms. The number of carboxylic acid groups (broad SMARTS) is 1. The van der Waals surface area contributed by atoms with Gasteiger partial charge in [-0.15, -0.1) is 6.58 Å². The first kappa shape index (κ1) is 14.5. The van der Waals surface area contributed by atoms with Crippen molar-refractivity contribution < 1.29 is 14.7 Å². The molecule has 0 aliphatic carbocycles. The molecule has 0 heterocycles. The molecule has 0 fully saturated rings. The van der Waals surface area contributed by atoms with Crippen molar-refractivity contribution in [2.24, 2.45) is 0 Å². The van der Waals surface area contributed by atoms with Crippen LogP contribution in [0.2, 0.25) is 0 Å². The molecule has 16 heavy (non-hydrogen) atoms. The van der Waals surface area contributed by atoms with Crippen LogP contribution in [-0.2, 0) is 4.79 Å². The van der Waals surface area contributed by atoms with Gasteiger partial charge >= 0.3 is 12.0 Å². The highest BCUT2D eigenvalue weighted by Gasteiger charge is 2.06. The minimum Gasteiger partial charge on any atom is -0.481 e. The quantitative estimate of drug-likeness (QED) is 0.435. The van der Waals surface area contributed by atoms with Crippen LogP contribution in [0, 0.1) is 0 Å². The summed E-state index contributed by atoms with van der Waals surface area (Å²) in [6, 6.07) is -0.229. The second-order valence-electron chi connectivity index (χ2n) is 3.66. The van der Waals surface area contributed by atoms with Crippen molar-refractivity contribution in [3.63, 3.8) is 0 Å². The fourth-order valence-corrected chi connectivity index (χ4v) is 1.19. The normalized spacial score (nSPS) is 11.6. The molecule has 5 nitrogen and oxygen atoms in total. The zero-order chi connectivity index (χ0) is 12.4. The molecular weight excluding hydrogens is 208 g/mol. The van der Waals surface area contributed by atoms with E-state index in [1.54, 1.807) is 6.08 Å². The Balaban J connectivity index is 3.53. The number of aliphatic carboxylic acids is 1. The third kappa shape index (κ3) is 9.05. The minimum absolute atomic E-state index is 0.0110. The Labute approximate surface area is 95.9 Å². The summed E-state index contributed by atoms with van der Waals surface area (Å²) in [6.07, 6.45) is 3.85. The number of amides is 2. The van der Waals surface area contributed by atoms with Crippen LogP contribution in [0.5, 0.6) is 0 Å². The number of urea groups is 1. The predicted octanol–water partition coefficient (Wildman–Crippen LogP) is 1.51. The van der Waals surface area contributed by atoms with Gasteiger partial charge in [-0.2, -0.15) is 0 Å². The molecule has 0 aromatic heterocycles. The third-order valence-corrected chi connectivity index (χ3v) is 2.04. The molecule has 0 rings (SSSR count). The third-order valence-electron chi connectivity index (χ3n) is 2.04. The van der Waals surface area contributed by atoms with Crippen molar-refractivity contribution in [1.82, 2.24) is 10.6 Å². The Morgan fingerprint density at radius 3 is 2.75 bits per heavy atom. The zero-order valence-corrected chi connectivity index (χ0v) is 9.66. The predicted molar refractivity (Wildman–Crippen MR) is 62.3 cm³/mol. The van der Waals surface area contributed by atoms with Crippen LogP contribution >= 0.6 is 0 Å². The summed E-state index contributed by atoms with van der Waals surface area (Å²) < 4.78 is 0. The molecule has 5 heteroatoms. The average molecular weight is 228 g/mol. The van der Waals surface area contributed by atoms with E-state index in [-0.39, 0.29) is 18.5 Å². The molecule has 0 saturated carbocycles. The van der Waals surface area contributed by atoms with Crippen LogP contribution in [0.3, 0.4) is 0 Å². The van der Waals surface area contributed by atoms with E-state index in [9.17, 15) is 9.59 Å². The highest BCUT2D eigenvalue weighted by molar-refractivity contribution is 5.74.